The molecule has 0 heterocycles. The molecule has 0 unspecified atom stereocenters. The molecule has 1 aromatic carbocycles. The summed E-state index contributed by atoms with van der Waals surface area (Å²) in [7, 11) is 0. The van der Waals surface area contributed by atoms with Crippen LogP contribution in [0, 0.1) is 0 Å². The number of carboxylic acid groups (broad SMARTS) is 1. The van der Waals surface area contributed by atoms with E-state index in [1.54, 1.807) is 6.07 Å². The summed E-state index contributed by atoms with van der Waals surface area (Å²) in [5.41, 5.74) is 0.944. The highest BCUT2D eigenvalue weighted by molar-refractivity contribution is 5.90. The molecule has 0 fully saturated rings. The highest BCUT2D eigenvalue weighted by Crippen LogP contribution is 2.19. The zero-order valence-electron chi connectivity index (χ0n) is 8.16. The average Bonchev–Trinajstić information content (AvgIpc) is 2.14. The number of unbranched alkanes of at least 4 members (excludes halogenated alkanes) is 1. The molecule has 0 saturated heterocycles. The first kappa shape index (κ1) is 10.6. The monoisotopic (exact) mass is 194 g/mol. The smallest absolute Gasteiger partial charge is 0.339 e. The number of aromatic hydroxyl groups is 1. The second kappa shape index (κ2) is 4.65. The zero-order chi connectivity index (χ0) is 10.6. The quantitative estimate of drug-likeness (QED) is 0.773. The molecular weight excluding hydrogens is 180 g/mol. The second-order valence-electron chi connectivity index (χ2n) is 3.26. The van der Waals surface area contributed by atoms with Crippen molar-refractivity contribution < 1.29 is 15.0 Å². The van der Waals surface area contributed by atoms with E-state index in [1.165, 1.54) is 12.1 Å². The van der Waals surface area contributed by atoms with Crippen LogP contribution in [0.5, 0.6) is 5.75 Å². The lowest BCUT2D eigenvalue weighted by atomic mass is 10.1. The summed E-state index contributed by atoms with van der Waals surface area (Å²) in [5.74, 6) is -1.24. The summed E-state index contributed by atoms with van der Waals surface area (Å²) in [4.78, 5) is 10.6. The Kier molecular flexibility index (Phi) is 3.51. The summed E-state index contributed by atoms with van der Waals surface area (Å²) in [6.07, 6.45) is 3.01. The summed E-state index contributed by atoms with van der Waals surface area (Å²) in [6.45, 7) is 2.09. The number of aryl methyl sites for hydroxylation is 1. The minimum atomic E-state index is -1.09. The van der Waals surface area contributed by atoms with Crippen LogP contribution in [0.1, 0.15) is 35.7 Å². The molecule has 0 aliphatic rings. The van der Waals surface area contributed by atoms with Gasteiger partial charge in [0.1, 0.15) is 11.3 Å². The first-order valence-corrected chi connectivity index (χ1v) is 4.70. The highest BCUT2D eigenvalue weighted by Gasteiger charge is 2.08. The maximum Gasteiger partial charge on any atom is 0.339 e. The number of carbonyl (C=O) groups is 1. The van der Waals surface area contributed by atoms with Crippen LogP contribution in [-0.4, -0.2) is 16.2 Å². The molecule has 0 atom stereocenters. The third-order valence-corrected chi connectivity index (χ3v) is 2.11. The molecule has 2 N–H and O–H groups in total. The van der Waals surface area contributed by atoms with Crippen molar-refractivity contribution in [2.45, 2.75) is 26.2 Å². The van der Waals surface area contributed by atoms with Crippen LogP contribution in [-0.2, 0) is 6.42 Å². The Hall–Kier alpha value is -1.51. The van der Waals surface area contributed by atoms with Crippen molar-refractivity contribution in [3.63, 3.8) is 0 Å². The van der Waals surface area contributed by atoms with E-state index in [-0.39, 0.29) is 11.3 Å². The molecule has 0 aliphatic carbocycles. The maximum atomic E-state index is 10.6. The van der Waals surface area contributed by atoms with E-state index in [2.05, 4.69) is 6.92 Å². The van der Waals surface area contributed by atoms with Crippen LogP contribution in [0.25, 0.3) is 0 Å². The fraction of sp³-hybridized carbons (Fsp3) is 0.364. The van der Waals surface area contributed by atoms with Crippen LogP contribution in [0.3, 0.4) is 0 Å². The van der Waals surface area contributed by atoms with Crippen LogP contribution in [0.4, 0.5) is 0 Å². The number of carboxylic acids is 1. The van der Waals surface area contributed by atoms with E-state index in [0.29, 0.717) is 0 Å². The number of hydrogen-bond acceptors (Lipinski definition) is 2. The maximum absolute atomic E-state index is 10.6. The van der Waals surface area contributed by atoms with Gasteiger partial charge in [-0.05, 0) is 30.5 Å². The lowest BCUT2D eigenvalue weighted by Gasteiger charge is -2.03. The fourth-order valence-corrected chi connectivity index (χ4v) is 1.29. The highest BCUT2D eigenvalue weighted by atomic mass is 16.4. The molecule has 0 radical (unpaired) electrons. The lowest BCUT2D eigenvalue weighted by molar-refractivity contribution is 0.0693. The molecular formula is C11H14O3. The predicted octanol–water partition coefficient (Wildman–Crippen LogP) is 2.43. The molecule has 3 heteroatoms. The van der Waals surface area contributed by atoms with Crippen molar-refractivity contribution in [3.8, 4) is 5.75 Å². The SMILES string of the molecule is CCCCc1ccc(C(=O)O)c(O)c1. The Balaban J connectivity index is 2.83. The van der Waals surface area contributed by atoms with E-state index in [0.717, 1.165) is 24.8 Å². The number of rotatable bonds is 4. The molecule has 3 nitrogen and oxygen atoms in total. The average molecular weight is 194 g/mol. The topological polar surface area (TPSA) is 57.5 Å². The Morgan fingerprint density at radius 1 is 1.43 bits per heavy atom. The molecule has 14 heavy (non-hydrogen) atoms. The molecule has 1 rings (SSSR count). The predicted molar refractivity (Wildman–Crippen MR) is 53.7 cm³/mol. The van der Waals surface area contributed by atoms with Crippen LogP contribution in [0.2, 0.25) is 0 Å². The van der Waals surface area contributed by atoms with E-state index in [9.17, 15) is 9.90 Å². The van der Waals surface area contributed by atoms with E-state index in [1.807, 2.05) is 0 Å². The van der Waals surface area contributed by atoms with Gasteiger partial charge in [-0.15, -0.1) is 0 Å². The Morgan fingerprint density at radius 3 is 2.64 bits per heavy atom. The largest absolute Gasteiger partial charge is 0.507 e. The Morgan fingerprint density at radius 2 is 2.14 bits per heavy atom. The van der Waals surface area contributed by atoms with E-state index < -0.39 is 5.97 Å². The number of phenols is 1. The van der Waals surface area contributed by atoms with Gasteiger partial charge >= 0.3 is 5.97 Å². The van der Waals surface area contributed by atoms with Crippen LogP contribution >= 0.6 is 0 Å². The Bertz CT molecular complexity index is 331. The van der Waals surface area contributed by atoms with Gasteiger partial charge in [-0.2, -0.15) is 0 Å². The van der Waals surface area contributed by atoms with Gasteiger partial charge in [0.2, 0.25) is 0 Å². The minimum absolute atomic E-state index is 0.0368. The first-order valence-electron chi connectivity index (χ1n) is 4.70. The van der Waals surface area contributed by atoms with Gasteiger partial charge in [-0.3, -0.25) is 0 Å². The number of benzene rings is 1. The van der Waals surface area contributed by atoms with E-state index >= 15 is 0 Å². The van der Waals surface area contributed by atoms with Gasteiger partial charge in [0.05, 0.1) is 0 Å². The van der Waals surface area contributed by atoms with Gasteiger partial charge in [-0.1, -0.05) is 19.4 Å². The number of aromatic carboxylic acids is 1. The van der Waals surface area contributed by atoms with Crippen LogP contribution < -0.4 is 0 Å². The van der Waals surface area contributed by atoms with Crippen molar-refractivity contribution in [2.24, 2.45) is 0 Å². The summed E-state index contributed by atoms with van der Waals surface area (Å²) in [5, 5.41) is 18.1. The van der Waals surface area contributed by atoms with E-state index in [4.69, 9.17) is 5.11 Å². The fourth-order valence-electron chi connectivity index (χ4n) is 1.29. The normalized spacial score (nSPS) is 10.1. The third kappa shape index (κ3) is 2.49. The molecule has 76 valence electrons. The molecule has 0 spiro atoms. The minimum Gasteiger partial charge on any atom is -0.507 e. The van der Waals surface area contributed by atoms with Crippen molar-refractivity contribution in [3.05, 3.63) is 29.3 Å². The van der Waals surface area contributed by atoms with Gasteiger partial charge < -0.3 is 10.2 Å². The first-order chi connectivity index (χ1) is 6.65. The molecule has 1 aromatic rings. The molecule has 0 aliphatic heterocycles. The Labute approximate surface area is 83.0 Å². The molecule has 0 aromatic heterocycles. The van der Waals surface area contributed by atoms with Gasteiger partial charge in [0, 0.05) is 0 Å². The van der Waals surface area contributed by atoms with Gasteiger partial charge in [0.15, 0.2) is 0 Å². The second-order valence-corrected chi connectivity index (χ2v) is 3.26. The van der Waals surface area contributed by atoms with Gasteiger partial charge in [-0.25, -0.2) is 4.79 Å². The van der Waals surface area contributed by atoms with Crippen molar-refractivity contribution in [2.75, 3.05) is 0 Å². The number of hydrogen-bond donors (Lipinski definition) is 2. The summed E-state index contributed by atoms with van der Waals surface area (Å²) in [6, 6.07) is 4.72. The van der Waals surface area contributed by atoms with Crippen molar-refractivity contribution in [1.82, 2.24) is 0 Å². The molecule has 0 bridgehead atoms. The molecule has 0 amide bonds. The standard InChI is InChI=1S/C11H14O3/c1-2-3-4-8-5-6-9(11(13)14)10(12)7-8/h5-7,12H,2-4H2,1H3,(H,13,14). The zero-order valence-corrected chi connectivity index (χ0v) is 8.16. The van der Waals surface area contributed by atoms with Crippen molar-refractivity contribution >= 4 is 5.97 Å². The lowest BCUT2D eigenvalue weighted by Crippen LogP contribution is -1.97. The summed E-state index contributed by atoms with van der Waals surface area (Å²) < 4.78 is 0. The van der Waals surface area contributed by atoms with Gasteiger partial charge in [0.25, 0.3) is 0 Å². The molecule has 0 saturated carbocycles. The third-order valence-electron chi connectivity index (χ3n) is 2.11. The summed E-state index contributed by atoms with van der Waals surface area (Å²) >= 11 is 0. The van der Waals surface area contributed by atoms with Crippen molar-refractivity contribution in [1.29, 1.82) is 0 Å². The van der Waals surface area contributed by atoms with Crippen LogP contribution in [0.15, 0.2) is 18.2 Å².